The van der Waals surface area contributed by atoms with Crippen molar-refractivity contribution < 1.29 is 81.7 Å². The van der Waals surface area contributed by atoms with Crippen LogP contribution in [-0.4, -0.2) is 137 Å². The summed E-state index contributed by atoms with van der Waals surface area (Å²) in [6, 6.07) is 22.4. The fraction of sp³-hybridized carbons (Fsp3) is 0.508. The van der Waals surface area contributed by atoms with Gasteiger partial charge in [0.2, 0.25) is 12.0 Å². The van der Waals surface area contributed by atoms with E-state index in [1.54, 1.807) is 78.9 Å². The number of hydrogen-bond donors (Lipinski definition) is 6. The SMILES string of the molecule is CC(=O)O[C@H]1C(=O)[C@@]2(C)[C@H]([C@H](OC(=O)c3ccccc3)[C@]3(O)C[C@H](OC(=O)[C@H](OC(=O)O[C@H]4/C=C/CC[C@@](C)(C(=O)NCCCCN=C(N)N)CC4)[C@@H](NC(=O)c4ccccc4)c4ccccc4)C(C)=C1C3(C)C)[C@]1(OC(C)=O)CO[C@@H]1C[C@@H]2O. The van der Waals surface area contributed by atoms with E-state index >= 15 is 9.59 Å². The van der Waals surface area contributed by atoms with Crippen molar-refractivity contribution in [2.24, 2.45) is 38.6 Å². The third kappa shape index (κ3) is 12.9. The molecule has 3 aromatic carbocycles. The predicted molar refractivity (Wildman–Crippen MR) is 305 cm³/mol. The lowest BCUT2D eigenvalue weighted by molar-refractivity contribution is -0.346. The van der Waals surface area contributed by atoms with Crippen LogP contribution in [0.3, 0.4) is 0 Å². The number of carbonyl (C=O) groups is 8. The van der Waals surface area contributed by atoms with Gasteiger partial charge in [0.15, 0.2) is 23.4 Å². The average molecular weight is 1180 g/mol. The van der Waals surface area contributed by atoms with Crippen LogP contribution in [0, 0.1) is 22.2 Å². The Morgan fingerprint density at radius 1 is 0.824 bits per heavy atom. The van der Waals surface area contributed by atoms with Crippen LogP contribution in [0.4, 0.5) is 4.79 Å². The summed E-state index contributed by atoms with van der Waals surface area (Å²) in [7, 11) is 0. The Hall–Kier alpha value is -7.95. The van der Waals surface area contributed by atoms with Crippen LogP contribution in [0.15, 0.2) is 119 Å². The van der Waals surface area contributed by atoms with Gasteiger partial charge in [0, 0.05) is 56.2 Å². The Balaban J connectivity index is 1.20. The number of benzene rings is 3. The molecule has 2 saturated carbocycles. The first-order valence-corrected chi connectivity index (χ1v) is 28.7. The molecule has 22 heteroatoms. The fourth-order valence-corrected chi connectivity index (χ4v) is 13.1. The molecule has 5 aliphatic rings. The monoisotopic (exact) mass is 1180 g/mol. The van der Waals surface area contributed by atoms with Gasteiger partial charge in [-0.15, -0.1) is 0 Å². The molecule has 22 nitrogen and oxygen atoms in total. The van der Waals surface area contributed by atoms with Gasteiger partial charge in [-0.1, -0.05) is 93.6 Å². The number of Topliss-reactive ketones (excluding diaryl/α,β-unsaturated/α-hetero) is 1. The van der Waals surface area contributed by atoms with Crippen LogP contribution in [0.25, 0.3) is 0 Å². The molecule has 8 rings (SSSR count). The van der Waals surface area contributed by atoms with E-state index in [9.17, 15) is 39.0 Å². The highest BCUT2D eigenvalue weighted by atomic mass is 16.7. The molecule has 8 N–H and O–H groups in total. The van der Waals surface area contributed by atoms with Gasteiger partial charge >= 0.3 is 30.0 Å². The lowest BCUT2D eigenvalue weighted by Crippen LogP contribution is -2.82. The van der Waals surface area contributed by atoms with Crippen molar-refractivity contribution in [1.82, 2.24) is 10.6 Å². The van der Waals surface area contributed by atoms with Gasteiger partial charge in [0.1, 0.15) is 36.1 Å². The molecule has 0 unspecified atom stereocenters. The van der Waals surface area contributed by atoms with Crippen LogP contribution in [-0.2, 0) is 57.1 Å². The van der Waals surface area contributed by atoms with Gasteiger partial charge in [0.05, 0.1) is 29.6 Å². The van der Waals surface area contributed by atoms with Crippen molar-refractivity contribution in [3.05, 3.63) is 131 Å². The summed E-state index contributed by atoms with van der Waals surface area (Å²) in [5.41, 5.74) is 2.18. The Morgan fingerprint density at radius 2 is 1.47 bits per heavy atom. The number of carbonyl (C=O) groups excluding carboxylic acids is 8. The fourth-order valence-electron chi connectivity index (χ4n) is 13.1. The number of nitrogens with two attached hydrogens (primary N) is 2. The molecule has 3 fully saturated rings. The zero-order chi connectivity index (χ0) is 61.6. The summed E-state index contributed by atoms with van der Waals surface area (Å²) >= 11 is 0. The number of aliphatic hydroxyl groups excluding tert-OH is 1. The van der Waals surface area contributed by atoms with Gasteiger partial charge in [-0.25, -0.2) is 14.4 Å². The summed E-state index contributed by atoms with van der Waals surface area (Å²) in [5.74, 6) is -7.49. The molecule has 85 heavy (non-hydrogen) atoms. The van der Waals surface area contributed by atoms with Crippen molar-refractivity contribution in [3.8, 4) is 0 Å². The Morgan fingerprint density at radius 3 is 2.08 bits per heavy atom. The van der Waals surface area contributed by atoms with E-state index in [1.165, 1.54) is 52.0 Å². The molecule has 456 valence electrons. The number of nitrogens with one attached hydrogen (secondary N) is 2. The second-order valence-electron chi connectivity index (χ2n) is 23.7. The van der Waals surface area contributed by atoms with Gasteiger partial charge in [0.25, 0.3) is 5.91 Å². The maximum absolute atomic E-state index is 15.9. The molecule has 1 aliphatic heterocycles. The van der Waals surface area contributed by atoms with Crippen LogP contribution in [0.5, 0.6) is 0 Å². The lowest BCUT2D eigenvalue weighted by atomic mass is 9.44. The molecule has 2 bridgehead atoms. The summed E-state index contributed by atoms with van der Waals surface area (Å²) < 4.78 is 43.1. The van der Waals surface area contributed by atoms with Gasteiger partial charge in [-0.3, -0.25) is 29.0 Å². The zero-order valence-corrected chi connectivity index (χ0v) is 48.9. The molecule has 3 aromatic rings. The van der Waals surface area contributed by atoms with Crippen molar-refractivity contribution in [2.75, 3.05) is 19.7 Å². The molecular weight excluding hydrogens is 1100 g/mol. The second kappa shape index (κ2) is 25.7. The maximum Gasteiger partial charge on any atom is 0.509 e. The Labute approximate surface area is 493 Å². The number of aliphatic imine (C=N–C) groups is 1. The first-order chi connectivity index (χ1) is 40.3. The number of amides is 2. The van der Waals surface area contributed by atoms with Crippen LogP contribution in [0.2, 0.25) is 0 Å². The Kier molecular flexibility index (Phi) is 19.1. The summed E-state index contributed by atoms with van der Waals surface area (Å²) in [5, 5.41) is 32.3. The highest BCUT2D eigenvalue weighted by molar-refractivity contribution is 5.96. The highest BCUT2D eigenvalue weighted by Gasteiger charge is 2.78. The molecule has 1 heterocycles. The second-order valence-corrected chi connectivity index (χ2v) is 23.7. The zero-order valence-electron chi connectivity index (χ0n) is 48.9. The van der Waals surface area contributed by atoms with Crippen LogP contribution < -0.4 is 22.1 Å². The number of unbranched alkanes of at least 4 members (excludes halogenated alkanes) is 1. The van der Waals surface area contributed by atoms with E-state index in [-0.39, 0.29) is 65.6 Å². The summed E-state index contributed by atoms with van der Waals surface area (Å²) in [6.45, 7) is 10.4. The molecular formula is C63H77N5O17. The minimum atomic E-state index is -2.52. The quantitative estimate of drug-likeness (QED) is 0.0226. The van der Waals surface area contributed by atoms with Gasteiger partial charge in [-0.05, 0) is 99.4 Å². The normalized spacial score (nSPS) is 30.3. The van der Waals surface area contributed by atoms with Crippen molar-refractivity contribution in [2.45, 2.75) is 160 Å². The molecule has 13 atom stereocenters. The number of ketones is 1. The molecule has 4 aliphatic carbocycles. The number of allylic oxidation sites excluding steroid dienone is 1. The Bertz CT molecular complexity index is 3100. The minimum Gasteiger partial charge on any atom is -0.455 e. The maximum atomic E-state index is 15.9. The number of fused-ring (bicyclic) bond motifs is 5. The third-order valence-electron chi connectivity index (χ3n) is 17.8. The third-order valence-corrected chi connectivity index (χ3v) is 17.8. The van der Waals surface area contributed by atoms with Crippen molar-refractivity contribution in [3.63, 3.8) is 0 Å². The topological polar surface area (TPSA) is 330 Å². The molecule has 2 amide bonds. The lowest BCUT2D eigenvalue weighted by Gasteiger charge is -2.67. The first kappa shape index (κ1) is 63.1. The minimum absolute atomic E-state index is 0.0154. The number of hydrogen-bond acceptors (Lipinski definition) is 18. The van der Waals surface area contributed by atoms with Crippen molar-refractivity contribution >= 4 is 53.6 Å². The number of esters is 4. The number of nitrogens with zero attached hydrogens (tertiary/aromatic N) is 1. The number of aliphatic hydroxyl groups is 2. The van der Waals surface area contributed by atoms with Crippen LogP contribution >= 0.6 is 0 Å². The largest absolute Gasteiger partial charge is 0.509 e. The van der Waals surface area contributed by atoms with Crippen molar-refractivity contribution in [1.29, 1.82) is 0 Å². The number of rotatable bonds is 18. The number of ether oxygens (including phenoxy) is 7. The van der Waals surface area contributed by atoms with E-state index in [0.717, 1.165) is 13.8 Å². The molecule has 0 radical (unpaired) electrons. The smallest absolute Gasteiger partial charge is 0.455 e. The first-order valence-electron chi connectivity index (χ1n) is 28.7. The highest BCUT2D eigenvalue weighted by Crippen LogP contribution is 2.64. The predicted octanol–water partition coefficient (Wildman–Crippen LogP) is 5.57. The van der Waals surface area contributed by atoms with E-state index in [2.05, 4.69) is 15.6 Å². The summed E-state index contributed by atoms with van der Waals surface area (Å²) in [4.78, 5) is 119. The average Bonchev–Trinajstić information content (AvgIpc) is 0.678. The van der Waals surface area contributed by atoms with Gasteiger partial charge in [-0.2, -0.15) is 0 Å². The van der Waals surface area contributed by atoms with E-state index in [1.807, 2.05) is 6.92 Å². The van der Waals surface area contributed by atoms with Crippen LogP contribution in [0.1, 0.15) is 132 Å². The van der Waals surface area contributed by atoms with E-state index in [4.69, 9.17) is 44.6 Å². The molecule has 0 aromatic heterocycles. The van der Waals surface area contributed by atoms with E-state index in [0.29, 0.717) is 38.8 Å². The van der Waals surface area contributed by atoms with E-state index < -0.39 is 130 Å². The summed E-state index contributed by atoms with van der Waals surface area (Å²) in [6.07, 6.45) is -7.46. The van der Waals surface area contributed by atoms with Gasteiger partial charge < -0.3 is 65.5 Å². The number of guanidine groups is 1. The standard InChI is InChI=1S/C63H77N5O17/c1-36-43(34-63(78)52(84-54(74)41-25-15-10-16-26-41)50-61(7,44(71)33-45-62(50,35-79-45)85-38(3)70)51(72)48(80-37(2)69)46(36)59(63,4)5)82-55(75)49(47(39-21-11-8-12-22-39)68-53(73)40-23-13-9-14-24-40)83-58(77)81-42-27-17-18-29-60(6,30-28-42)56(76)66-31-19-20-32-67-57(64)65/h8-17,21-27,42-45,47-50,52,71,78H,18-20,28-35H2,1-7H3,(H,66,76)(H,68,73)(H4,64,65,67)/b27-17+/t42-,43-,44-,45+,47-,48+,49+,50-,52-,60+,61+,62-,63+/m0/s1. The molecule has 0 spiro atoms. The molecule has 1 saturated heterocycles.